The molecule has 0 saturated carbocycles. The Bertz CT molecular complexity index is 632. The number of anilines is 2. The number of hydrogen-bond donors (Lipinski definition) is 1. The Balaban J connectivity index is 2.02. The van der Waals surface area contributed by atoms with E-state index in [9.17, 15) is 0 Å². The summed E-state index contributed by atoms with van der Waals surface area (Å²) < 4.78 is 0. The number of benzene rings is 1. The lowest BCUT2D eigenvalue weighted by Gasteiger charge is -2.09. The lowest BCUT2D eigenvalue weighted by atomic mass is 10.0. The van der Waals surface area contributed by atoms with Crippen LogP contribution < -0.4 is 5.32 Å². The van der Waals surface area contributed by atoms with E-state index in [-0.39, 0.29) is 0 Å². The first-order valence-corrected chi connectivity index (χ1v) is 7.27. The molecular formula is C17H19N3. The summed E-state index contributed by atoms with van der Waals surface area (Å²) in [5, 5.41) is 3.45. The molecule has 0 fully saturated rings. The predicted molar refractivity (Wildman–Crippen MR) is 84.3 cm³/mol. The molecule has 0 bridgehead atoms. The average Bonchev–Trinajstić information content (AvgIpc) is 2.64. The fourth-order valence-electron chi connectivity index (χ4n) is 2.49. The van der Waals surface area contributed by atoms with Crippen LogP contribution in [-0.4, -0.2) is 10.7 Å². The zero-order valence-corrected chi connectivity index (χ0v) is 11.8. The van der Waals surface area contributed by atoms with Crippen LogP contribution in [0.4, 0.5) is 17.2 Å². The third kappa shape index (κ3) is 2.57. The number of aliphatic imine (C=N–C) groups is 1. The molecule has 0 atom stereocenters. The number of unbranched alkanes of at least 4 members (excludes halogenated alkanes) is 2. The van der Waals surface area contributed by atoms with Crippen molar-refractivity contribution in [1.29, 1.82) is 0 Å². The van der Waals surface area contributed by atoms with Crippen molar-refractivity contribution in [3.8, 4) is 0 Å². The second kappa shape index (κ2) is 5.87. The lowest BCUT2D eigenvalue weighted by molar-refractivity contribution is 0.742. The molecule has 1 aromatic carbocycles. The Hall–Kier alpha value is -2.16. The first kappa shape index (κ1) is 12.9. The largest absolute Gasteiger partial charge is 0.352 e. The Morgan fingerprint density at radius 3 is 2.75 bits per heavy atom. The second-order valence-electron chi connectivity index (χ2n) is 5.06. The molecular weight excluding hydrogens is 246 g/mol. The van der Waals surface area contributed by atoms with E-state index in [1.165, 1.54) is 24.8 Å². The van der Waals surface area contributed by atoms with Crippen LogP contribution in [0, 0.1) is 0 Å². The van der Waals surface area contributed by atoms with Gasteiger partial charge in [0.05, 0.1) is 11.4 Å². The van der Waals surface area contributed by atoms with Gasteiger partial charge in [-0.3, -0.25) is 0 Å². The van der Waals surface area contributed by atoms with E-state index in [1.54, 1.807) is 6.20 Å². The molecule has 2 heterocycles. The van der Waals surface area contributed by atoms with E-state index in [4.69, 9.17) is 4.99 Å². The summed E-state index contributed by atoms with van der Waals surface area (Å²) in [5.41, 5.74) is 4.43. The minimum atomic E-state index is 0.787. The summed E-state index contributed by atoms with van der Waals surface area (Å²) in [5.74, 6) is 0.787. The highest BCUT2D eigenvalue weighted by Gasteiger charge is 2.15. The number of para-hydroxylation sites is 1. The van der Waals surface area contributed by atoms with Crippen LogP contribution in [-0.2, 0) is 0 Å². The van der Waals surface area contributed by atoms with Crippen molar-refractivity contribution in [3.63, 3.8) is 0 Å². The first-order chi connectivity index (χ1) is 9.88. The fourth-order valence-corrected chi connectivity index (χ4v) is 2.49. The highest BCUT2D eigenvalue weighted by Crippen LogP contribution is 2.33. The number of rotatable bonds is 4. The SMILES string of the molecule is CCCCCC1=Nc2ncccc2Nc2ccccc21. The Morgan fingerprint density at radius 1 is 1.00 bits per heavy atom. The average molecular weight is 265 g/mol. The Labute approximate surface area is 119 Å². The summed E-state index contributed by atoms with van der Waals surface area (Å²) in [6, 6.07) is 12.3. The van der Waals surface area contributed by atoms with Gasteiger partial charge in [0.25, 0.3) is 0 Å². The molecule has 2 aromatic rings. The van der Waals surface area contributed by atoms with Crippen molar-refractivity contribution in [2.45, 2.75) is 32.6 Å². The summed E-state index contributed by atoms with van der Waals surface area (Å²) in [6.07, 6.45) is 6.43. The number of pyridine rings is 1. The minimum absolute atomic E-state index is 0.787. The van der Waals surface area contributed by atoms with Crippen molar-refractivity contribution in [2.75, 3.05) is 5.32 Å². The molecule has 0 radical (unpaired) electrons. The third-order valence-corrected chi connectivity index (χ3v) is 3.55. The van der Waals surface area contributed by atoms with E-state index in [0.29, 0.717) is 0 Å². The molecule has 0 saturated heterocycles. The highest BCUT2D eigenvalue weighted by molar-refractivity contribution is 6.08. The molecule has 0 unspecified atom stereocenters. The van der Waals surface area contributed by atoms with Crippen LogP contribution >= 0.6 is 0 Å². The Kier molecular flexibility index (Phi) is 3.77. The molecule has 102 valence electrons. The molecule has 3 nitrogen and oxygen atoms in total. The fraction of sp³-hybridized carbons (Fsp3) is 0.294. The van der Waals surface area contributed by atoms with Gasteiger partial charge in [0.1, 0.15) is 0 Å². The topological polar surface area (TPSA) is 37.3 Å². The lowest BCUT2D eigenvalue weighted by Crippen LogP contribution is -2.02. The molecule has 0 aliphatic carbocycles. The van der Waals surface area contributed by atoms with Crippen molar-refractivity contribution in [3.05, 3.63) is 48.2 Å². The summed E-state index contributed by atoms with van der Waals surface area (Å²) in [4.78, 5) is 9.19. The maximum absolute atomic E-state index is 4.80. The highest BCUT2D eigenvalue weighted by atomic mass is 15.0. The van der Waals surface area contributed by atoms with E-state index in [0.717, 1.165) is 29.3 Å². The van der Waals surface area contributed by atoms with Gasteiger partial charge in [-0.15, -0.1) is 0 Å². The van der Waals surface area contributed by atoms with E-state index < -0.39 is 0 Å². The second-order valence-corrected chi connectivity index (χ2v) is 5.06. The number of fused-ring (bicyclic) bond motifs is 2. The van der Waals surface area contributed by atoms with Gasteiger partial charge < -0.3 is 5.32 Å². The summed E-state index contributed by atoms with van der Waals surface area (Å²) in [6.45, 7) is 2.22. The van der Waals surface area contributed by atoms with Gasteiger partial charge in [0.15, 0.2) is 5.82 Å². The van der Waals surface area contributed by atoms with Crippen LogP contribution in [0.3, 0.4) is 0 Å². The van der Waals surface area contributed by atoms with E-state index in [2.05, 4.69) is 41.5 Å². The van der Waals surface area contributed by atoms with Crippen molar-refractivity contribution in [1.82, 2.24) is 4.98 Å². The zero-order chi connectivity index (χ0) is 13.8. The van der Waals surface area contributed by atoms with Gasteiger partial charge in [0.2, 0.25) is 0 Å². The van der Waals surface area contributed by atoms with Gasteiger partial charge in [-0.05, 0) is 31.0 Å². The molecule has 1 aliphatic heterocycles. The minimum Gasteiger partial charge on any atom is -0.352 e. The number of aromatic nitrogens is 1. The molecule has 3 rings (SSSR count). The van der Waals surface area contributed by atoms with Gasteiger partial charge in [-0.2, -0.15) is 0 Å². The van der Waals surface area contributed by atoms with Crippen LogP contribution in [0.5, 0.6) is 0 Å². The summed E-state index contributed by atoms with van der Waals surface area (Å²) in [7, 11) is 0. The molecule has 3 heteroatoms. The first-order valence-electron chi connectivity index (χ1n) is 7.27. The molecule has 1 N–H and O–H groups in total. The normalized spacial score (nSPS) is 12.8. The molecule has 0 spiro atoms. The molecule has 0 amide bonds. The zero-order valence-electron chi connectivity index (χ0n) is 11.8. The van der Waals surface area contributed by atoms with Crippen molar-refractivity contribution in [2.24, 2.45) is 4.99 Å². The van der Waals surface area contributed by atoms with Gasteiger partial charge in [0, 0.05) is 17.4 Å². The maximum atomic E-state index is 4.80. The molecule has 1 aliphatic rings. The Morgan fingerprint density at radius 2 is 1.85 bits per heavy atom. The molecule has 20 heavy (non-hydrogen) atoms. The number of nitrogens with zero attached hydrogens (tertiary/aromatic N) is 2. The number of nitrogens with one attached hydrogen (secondary N) is 1. The smallest absolute Gasteiger partial charge is 0.176 e. The van der Waals surface area contributed by atoms with E-state index in [1.807, 2.05) is 12.1 Å². The molecule has 1 aromatic heterocycles. The monoisotopic (exact) mass is 265 g/mol. The maximum Gasteiger partial charge on any atom is 0.176 e. The van der Waals surface area contributed by atoms with Crippen LogP contribution in [0.1, 0.15) is 38.2 Å². The van der Waals surface area contributed by atoms with Crippen LogP contribution in [0.2, 0.25) is 0 Å². The standard InChI is InChI=1S/C17H19N3/c1-2-3-4-9-15-13-8-5-6-10-14(13)19-16-11-7-12-18-17(16)20-15/h5-8,10-12,19H,2-4,9H2,1H3. The third-order valence-electron chi connectivity index (χ3n) is 3.55. The van der Waals surface area contributed by atoms with Crippen molar-refractivity contribution < 1.29 is 0 Å². The van der Waals surface area contributed by atoms with Gasteiger partial charge >= 0.3 is 0 Å². The van der Waals surface area contributed by atoms with E-state index >= 15 is 0 Å². The van der Waals surface area contributed by atoms with Crippen LogP contribution in [0.15, 0.2) is 47.6 Å². The van der Waals surface area contributed by atoms with Gasteiger partial charge in [-0.25, -0.2) is 9.98 Å². The van der Waals surface area contributed by atoms with Crippen LogP contribution in [0.25, 0.3) is 0 Å². The predicted octanol–water partition coefficient (Wildman–Crippen LogP) is 4.84. The number of hydrogen-bond acceptors (Lipinski definition) is 3. The summed E-state index contributed by atoms with van der Waals surface area (Å²) >= 11 is 0. The van der Waals surface area contributed by atoms with Gasteiger partial charge in [-0.1, -0.05) is 38.0 Å². The van der Waals surface area contributed by atoms with Crippen molar-refractivity contribution >= 4 is 22.9 Å². The quantitative estimate of drug-likeness (QED) is 0.803.